The predicted molar refractivity (Wildman–Crippen MR) is 68.3 cm³/mol. The average molecular weight is 270 g/mol. The maximum absolute atomic E-state index is 12.4. The molecular formula is C11H18N4O2S. The molecule has 0 fully saturated rings. The van der Waals surface area contributed by atoms with Crippen molar-refractivity contribution in [3.8, 4) is 0 Å². The number of nitrogens with zero attached hydrogens (tertiary/aromatic N) is 2. The third-order valence-corrected chi connectivity index (χ3v) is 5.06. The van der Waals surface area contributed by atoms with Crippen molar-refractivity contribution < 1.29 is 8.42 Å². The summed E-state index contributed by atoms with van der Waals surface area (Å²) in [7, 11) is -3.54. The van der Waals surface area contributed by atoms with Crippen LogP contribution in [0.4, 0.5) is 0 Å². The molecule has 2 rings (SSSR count). The highest BCUT2D eigenvalue weighted by atomic mass is 32.2. The minimum Gasteiger partial charge on any atom is -0.326 e. The van der Waals surface area contributed by atoms with Crippen molar-refractivity contribution in [2.45, 2.75) is 31.8 Å². The molecule has 1 aromatic rings. The van der Waals surface area contributed by atoms with Crippen molar-refractivity contribution in [2.24, 2.45) is 5.73 Å². The molecule has 18 heavy (non-hydrogen) atoms. The Hall–Kier alpha value is -1.18. The molecule has 0 radical (unpaired) electrons. The largest absolute Gasteiger partial charge is 0.326 e. The van der Waals surface area contributed by atoms with Crippen LogP contribution in [0.1, 0.15) is 24.6 Å². The first kappa shape index (κ1) is 13.3. The summed E-state index contributed by atoms with van der Waals surface area (Å²) in [5.41, 5.74) is 8.09. The first-order valence-corrected chi connectivity index (χ1v) is 7.30. The van der Waals surface area contributed by atoms with Gasteiger partial charge in [-0.15, -0.1) is 0 Å². The highest BCUT2D eigenvalue weighted by molar-refractivity contribution is 7.89. The number of aromatic amines is 1. The highest BCUT2D eigenvalue weighted by Crippen LogP contribution is 2.22. The molecule has 1 aliphatic heterocycles. The first-order chi connectivity index (χ1) is 8.46. The molecule has 0 atom stereocenters. The van der Waals surface area contributed by atoms with Gasteiger partial charge < -0.3 is 5.73 Å². The summed E-state index contributed by atoms with van der Waals surface area (Å²) in [4.78, 5) is 0. The maximum Gasteiger partial charge on any atom is 0.263 e. The Morgan fingerprint density at radius 2 is 2.22 bits per heavy atom. The number of aromatic nitrogens is 2. The van der Waals surface area contributed by atoms with E-state index in [-0.39, 0.29) is 11.6 Å². The number of nitrogens with one attached hydrogen (secondary N) is 1. The minimum absolute atomic E-state index is 0.0652. The van der Waals surface area contributed by atoms with E-state index in [0.29, 0.717) is 24.3 Å². The molecule has 0 unspecified atom stereocenters. The predicted octanol–water partition coefficient (Wildman–Crippen LogP) is 0.518. The van der Waals surface area contributed by atoms with Crippen LogP contribution in [0.2, 0.25) is 0 Å². The van der Waals surface area contributed by atoms with Crippen LogP contribution in [0.3, 0.4) is 0 Å². The monoisotopic (exact) mass is 270 g/mol. The lowest BCUT2D eigenvalue weighted by molar-refractivity contribution is 0.428. The number of H-pyrrole nitrogens is 1. The molecule has 7 heteroatoms. The smallest absolute Gasteiger partial charge is 0.263 e. The van der Waals surface area contributed by atoms with Gasteiger partial charge in [-0.05, 0) is 20.3 Å². The van der Waals surface area contributed by atoms with Gasteiger partial charge in [-0.3, -0.25) is 5.10 Å². The van der Waals surface area contributed by atoms with E-state index in [1.807, 2.05) is 13.0 Å². The molecule has 100 valence electrons. The number of hydrogen-bond donors (Lipinski definition) is 2. The molecule has 1 aliphatic rings. The zero-order chi connectivity index (χ0) is 13.3. The zero-order valence-electron chi connectivity index (χ0n) is 10.6. The van der Waals surface area contributed by atoms with Gasteiger partial charge in [0.2, 0.25) is 0 Å². The SMILES string of the molecule is CC1=CCN(S(=O)(=O)c2n[nH]c(C)c2CN)CC1. The van der Waals surface area contributed by atoms with Crippen molar-refractivity contribution >= 4 is 10.0 Å². The second-order valence-electron chi connectivity index (χ2n) is 4.50. The van der Waals surface area contributed by atoms with Gasteiger partial charge in [0, 0.05) is 30.9 Å². The fourth-order valence-electron chi connectivity index (χ4n) is 1.98. The number of nitrogens with two attached hydrogens (primary N) is 1. The van der Waals surface area contributed by atoms with Crippen LogP contribution in [0.15, 0.2) is 16.7 Å². The van der Waals surface area contributed by atoms with Crippen molar-refractivity contribution in [3.05, 3.63) is 22.9 Å². The average Bonchev–Trinajstić information content (AvgIpc) is 2.71. The van der Waals surface area contributed by atoms with E-state index < -0.39 is 10.0 Å². The van der Waals surface area contributed by atoms with Crippen molar-refractivity contribution in [2.75, 3.05) is 13.1 Å². The van der Waals surface area contributed by atoms with Crippen molar-refractivity contribution in [1.29, 1.82) is 0 Å². The summed E-state index contributed by atoms with van der Waals surface area (Å²) in [6.45, 7) is 4.85. The number of hydrogen-bond acceptors (Lipinski definition) is 4. The third kappa shape index (κ3) is 2.21. The Morgan fingerprint density at radius 3 is 2.78 bits per heavy atom. The van der Waals surface area contributed by atoms with Gasteiger partial charge in [0.25, 0.3) is 10.0 Å². The second kappa shape index (κ2) is 4.83. The molecule has 0 saturated heterocycles. The minimum atomic E-state index is -3.54. The van der Waals surface area contributed by atoms with Gasteiger partial charge in [0.05, 0.1) is 0 Å². The van der Waals surface area contributed by atoms with Gasteiger partial charge in [0.1, 0.15) is 0 Å². The Labute approximate surface area is 107 Å². The molecule has 0 aliphatic carbocycles. The maximum atomic E-state index is 12.4. The van der Waals surface area contributed by atoms with Gasteiger partial charge in [-0.2, -0.15) is 9.40 Å². The standard InChI is InChI=1S/C11H18N4O2S/c1-8-3-5-15(6-4-8)18(16,17)11-10(7-12)9(2)13-14-11/h3H,4-7,12H2,1-2H3,(H,13,14). The lowest BCUT2D eigenvalue weighted by Gasteiger charge is -2.24. The number of rotatable bonds is 3. The quantitative estimate of drug-likeness (QED) is 0.783. The van der Waals surface area contributed by atoms with E-state index in [2.05, 4.69) is 10.2 Å². The Balaban J connectivity index is 2.37. The zero-order valence-corrected chi connectivity index (χ0v) is 11.4. The summed E-state index contributed by atoms with van der Waals surface area (Å²) in [6.07, 6.45) is 2.70. The van der Waals surface area contributed by atoms with Crippen LogP contribution in [0.5, 0.6) is 0 Å². The van der Waals surface area contributed by atoms with Crippen LogP contribution in [0, 0.1) is 6.92 Å². The van der Waals surface area contributed by atoms with Crippen LogP contribution < -0.4 is 5.73 Å². The lowest BCUT2D eigenvalue weighted by atomic mass is 10.1. The first-order valence-electron chi connectivity index (χ1n) is 5.86. The third-order valence-electron chi connectivity index (χ3n) is 3.22. The van der Waals surface area contributed by atoms with E-state index in [0.717, 1.165) is 6.42 Å². The molecule has 0 amide bonds. The second-order valence-corrected chi connectivity index (χ2v) is 6.35. The molecule has 0 spiro atoms. The van der Waals surface area contributed by atoms with Crippen LogP contribution >= 0.6 is 0 Å². The molecule has 0 bridgehead atoms. The molecule has 0 saturated carbocycles. The Kier molecular flexibility index (Phi) is 3.56. The van der Waals surface area contributed by atoms with E-state index in [9.17, 15) is 8.42 Å². The molecule has 3 N–H and O–H groups in total. The normalized spacial score (nSPS) is 17.8. The van der Waals surface area contributed by atoms with E-state index in [4.69, 9.17) is 5.73 Å². The molecule has 6 nitrogen and oxygen atoms in total. The van der Waals surface area contributed by atoms with Crippen LogP contribution in [-0.2, 0) is 16.6 Å². The molecular weight excluding hydrogens is 252 g/mol. The highest BCUT2D eigenvalue weighted by Gasteiger charge is 2.30. The Bertz CT molecular complexity index is 574. The van der Waals surface area contributed by atoms with E-state index >= 15 is 0 Å². The summed E-state index contributed by atoms with van der Waals surface area (Å²) in [5.74, 6) is 0. The van der Waals surface area contributed by atoms with Gasteiger partial charge >= 0.3 is 0 Å². The number of aryl methyl sites for hydroxylation is 1. The molecule has 1 aromatic heterocycles. The van der Waals surface area contributed by atoms with Gasteiger partial charge in [-0.1, -0.05) is 11.6 Å². The summed E-state index contributed by atoms with van der Waals surface area (Å²) in [6, 6.07) is 0. The summed E-state index contributed by atoms with van der Waals surface area (Å²) in [5, 5.41) is 6.65. The molecule has 2 heterocycles. The van der Waals surface area contributed by atoms with Crippen LogP contribution in [-0.4, -0.2) is 36.0 Å². The summed E-state index contributed by atoms with van der Waals surface area (Å²) < 4.78 is 26.3. The fourth-order valence-corrected chi connectivity index (χ4v) is 3.53. The lowest BCUT2D eigenvalue weighted by Crippen LogP contribution is -2.35. The van der Waals surface area contributed by atoms with E-state index in [1.54, 1.807) is 6.92 Å². The number of sulfonamides is 1. The van der Waals surface area contributed by atoms with Gasteiger partial charge in [0.15, 0.2) is 5.03 Å². The van der Waals surface area contributed by atoms with Crippen molar-refractivity contribution in [1.82, 2.24) is 14.5 Å². The topological polar surface area (TPSA) is 92.1 Å². The fraction of sp³-hybridized carbons (Fsp3) is 0.545. The van der Waals surface area contributed by atoms with Crippen molar-refractivity contribution in [3.63, 3.8) is 0 Å². The van der Waals surface area contributed by atoms with E-state index in [1.165, 1.54) is 9.88 Å². The Morgan fingerprint density at radius 1 is 1.50 bits per heavy atom. The molecule has 0 aromatic carbocycles. The van der Waals surface area contributed by atoms with Gasteiger partial charge in [-0.25, -0.2) is 8.42 Å². The summed E-state index contributed by atoms with van der Waals surface area (Å²) >= 11 is 0. The van der Waals surface area contributed by atoms with Crippen LogP contribution in [0.25, 0.3) is 0 Å².